The summed E-state index contributed by atoms with van der Waals surface area (Å²) in [6.07, 6.45) is 3.22. The Morgan fingerprint density at radius 1 is 1.32 bits per heavy atom. The Morgan fingerprint density at radius 3 is 2.53 bits per heavy atom. The lowest BCUT2D eigenvalue weighted by Crippen LogP contribution is -2.30. The van der Waals surface area contributed by atoms with Crippen molar-refractivity contribution in [3.63, 3.8) is 0 Å². The van der Waals surface area contributed by atoms with Crippen LogP contribution in [0.3, 0.4) is 0 Å². The van der Waals surface area contributed by atoms with Gasteiger partial charge in [0, 0.05) is 18.7 Å². The number of rotatable bonds is 6. The fourth-order valence-electron chi connectivity index (χ4n) is 1.32. The molecule has 0 aliphatic carbocycles. The lowest BCUT2D eigenvalue weighted by atomic mass is 10.2. The van der Waals surface area contributed by atoms with Gasteiger partial charge in [-0.25, -0.2) is 4.79 Å². The van der Waals surface area contributed by atoms with E-state index in [1.54, 1.807) is 6.08 Å². The molecule has 0 heterocycles. The number of hydrogen-bond acceptors (Lipinski definition) is 3. The standard InChI is InChI=1S/C15H21NO2.ClH/c1-13(2)16(3)11-12-18-15(17)10-9-14-7-5-4-6-8-14;/h4-10,13H,11-12H2,1-3H3;1H/b10-9+;. The SMILES string of the molecule is CC(C)N(C)CCOC(=O)/C=C/c1ccccc1.Cl. The van der Waals surface area contributed by atoms with Crippen LogP contribution in [-0.2, 0) is 9.53 Å². The topological polar surface area (TPSA) is 29.5 Å². The van der Waals surface area contributed by atoms with Crippen molar-refractivity contribution < 1.29 is 9.53 Å². The molecule has 0 radical (unpaired) electrons. The molecular weight excluding hydrogens is 262 g/mol. The van der Waals surface area contributed by atoms with E-state index in [2.05, 4.69) is 18.7 Å². The monoisotopic (exact) mass is 283 g/mol. The van der Waals surface area contributed by atoms with E-state index in [1.165, 1.54) is 6.08 Å². The van der Waals surface area contributed by atoms with E-state index in [0.29, 0.717) is 12.6 Å². The molecule has 0 saturated carbocycles. The first kappa shape index (κ1) is 17.7. The van der Waals surface area contributed by atoms with Crippen molar-refractivity contribution >= 4 is 24.5 Å². The number of esters is 1. The molecule has 0 aromatic heterocycles. The largest absolute Gasteiger partial charge is 0.461 e. The molecule has 19 heavy (non-hydrogen) atoms. The Morgan fingerprint density at radius 2 is 1.95 bits per heavy atom. The highest BCUT2D eigenvalue weighted by atomic mass is 35.5. The van der Waals surface area contributed by atoms with Crippen LogP contribution in [0.15, 0.2) is 36.4 Å². The molecule has 0 fully saturated rings. The first-order valence-corrected chi connectivity index (χ1v) is 6.19. The lowest BCUT2D eigenvalue weighted by Gasteiger charge is -2.20. The van der Waals surface area contributed by atoms with Gasteiger partial charge in [-0.05, 0) is 32.5 Å². The summed E-state index contributed by atoms with van der Waals surface area (Å²) in [4.78, 5) is 13.6. The number of benzene rings is 1. The summed E-state index contributed by atoms with van der Waals surface area (Å²) in [7, 11) is 2.01. The van der Waals surface area contributed by atoms with Crippen molar-refractivity contribution in [2.24, 2.45) is 0 Å². The maximum Gasteiger partial charge on any atom is 0.330 e. The van der Waals surface area contributed by atoms with E-state index in [4.69, 9.17) is 4.74 Å². The molecule has 1 rings (SSSR count). The van der Waals surface area contributed by atoms with Crippen molar-refractivity contribution in [1.29, 1.82) is 0 Å². The summed E-state index contributed by atoms with van der Waals surface area (Å²) in [5.74, 6) is -0.295. The Labute approximate surface area is 121 Å². The molecule has 0 unspecified atom stereocenters. The van der Waals surface area contributed by atoms with Crippen molar-refractivity contribution in [2.75, 3.05) is 20.2 Å². The summed E-state index contributed by atoms with van der Waals surface area (Å²) in [6.45, 7) is 5.39. The second-order valence-corrected chi connectivity index (χ2v) is 4.49. The van der Waals surface area contributed by atoms with E-state index >= 15 is 0 Å². The summed E-state index contributed by atoms with van der Waals surface area (Å²) in [6, 6.07) is 10.2. The van der Waals surface area contributed by atoms with E-state index in [9.17, 15) is 4.79 Å². The van der Waals surface area contributed by atoms with Gasteiger partial charge in [-0.15, -0.1) is 12.4 Å². The summed E-state index contributed by atoms with van der Waals surface area (Å²) in [5.41, 5.74) is 0.994. The van der Waals surface area contributed by atoms with Crippen LogP contribution in [0.2, 0.25) is 0 Å². The molecule has 0 spiro atoms. The molecule has 3 nitrogen and oxygen atoms in total. The van der Waals surface area contributed by atoms with E-state index in [0.717, 1.165) is 12.1 Å². The number of halogens is 1. The molecule has 0 aliphatic heterocycles. The maximum absolute atomic E-state index is 11.4. The predicted octanol–water partition coefficient (Wildman–Crippen LogP) is 3.01. The molecule has 1 aromatic carbocycles. The molecule has 1 aromatic rings. The third-order valence-electron chi connectivity index (χ3n) is 2.78. The third kappa shape index (κ3) is 7.65. The van der Waals surface area contributed by atoms with Crippen molar-refractivity contribution in [3.8, 4) is 0 Å². The van der Waals surface area contributed by atoms with Crippen LogP contribution in [0, 0.1) is 0 Å². The highest BCUT2D eigenvalue weighted by molar-refractivity contribution is 5.87. The normalized spacial score (nSPS) is 10.8. The smallest absolute Gasteiger partial charge is 0.330 e. The summed E-state index contributed by atoms with van der Waals surface area (Å²) < 4.78 is 5.12. The molecule has 0 aliphatic rings. The molecular formula is C15H22ClNO2. The number of carbonyl (C=O) groups excluding carboxylic acids is 1. The highest BCUT2D eigenvalue weighted by Gasteiger charge is 2.03. The van der Waals surface area contributed by atoms with Gasteiger partial charge in [0.25, 0.3) is 0 Å². The van der Waals surface area contributed by atoms with Crippen molar-refractivity contribution in [2.45, 2.75) is 19.9 Å². The van der Waals surface area contributed by atoms with Crippen LogP contribution < -0.4 is 0 Å². The van der Waals surface area contributed by atoms with E-state index < -0.39 is 0 Å². The van der Waals surface area contributed by atoms with Crippen LogP contribution in [0.4, 0.5) is 0 Å². The minimum atomic E-state index is -0.295. The van der Waals surface area contributed by atoms with Gasteiger partial charge in [0.1, 0.15) is 6.61 Å². The van der Waals surface area contributed by atoms with Crippen LogP contribution in [0.25, 0.3) is 6.08 Å². The number of hydrogen-bond donors (Lipinski definition) is 0. The average Bonchev–Trinajstić information content (AvgIpc) is 2.37. The minimum Gasteiger partial charge on any atom is -0.461 e. The zero-order valence-corrected chi connectivity index (χ0v) is 12.5. The van der Waals surface area contributed by atoms with Gasteiger partial charge in [-0.2, -0.15) is 0 Å². The molecule has 0 N–H and O–H groups in total. The van der Waals surface area contributed by atoms with Crippen LogP contribution in [0.5, 0.6) is 0 Å². The van der Waals surface area contributed by atoms with Crippen LogP contribution >= 0.6 is 12.4 Å². The second kappa shape index (κ2) is 9.59. The molecule has 0 atom stereocenters. The van der Waals surface area contributed by atoms with Gasteiger partial charge < -0.3 is 9.64 Å². The second-order valence-electron chi connectivity index (χ2n) is 4.49. The fourth-order valence-corrected chi connectivity index (χ4v) is 1.32. The first-order chi connectivity index (χ1) is 8.59. The van der Waals surface area contributed by atoms with Gasteiger partial charge in [-0.1, -0.05) is 30.3 Å². The van der Waals surface area contributed by atoms with Crippen molar-refractivity contribution in [3.05, 3.63) is 42.0 Å². The number of ether oxygens (including phenoxy) is 1. The number of nitrogens with zero attached hydrogens (tertiary/aromatic N) is 1. The van der Waals surface area contributed by atoms with Gasteiger partial charge in [0.15, 0.2) is 0 Å². The fraction of sp³-hybridized carbons (Fsp3) is 0.400. The molecule has 0 amide bonds. The van der Waals surface area contributed by atoms with Crippen molar-refractivity contribution in [1.82, 2.24) is 4.90 Å². The number of likely N-dealkylation sites (N-methyl/N-ethyl adjacent to an activating group) is 1. The van der Waals surface area contributed by atoms with E-state index in [1.807, 2.05) is 37.4 Å². The number of carbonyl (C=O) groups is 1. The predicted molar refractivity (Wildman–Crippen MR) is 81.4 cm³/mol. The van der Waals surface area contributed by atoms with Crippen LogP contribution in [0.1, 0.15) is 19.4 Å². The Kier molecular flexibility index (Phi) is 8.92. The summed E-state index contributed by atoms with van der Waals surface area (Å²) >= 11 is 0. The zero-order chi connectivity index (χ0) is 13.4. The first-order valence-electron chi connectivity index (χ1n) is 6.19. The lowest BCUT2D eigenvalue weighted by molar-refractivity contribution is -0.138. The van der Waals surface area contributed by atoms with Gasteiger partial charge in [0.05, 0.1) is 0 Å². The molecule has 4 heteroatoms. The highest BCUT2D eigenvalue weighted by Crippen LogP contribution is 2.01. The Hall–Kier alpha value is -1.32. The van der Waals surface area contributed by atoms with Crippen LogP contribution in [-0.4, -0.2) is 37.1 Å². The molecule has 0 saturated heterocycles. The Balaban J connectivity index is 0.00000324. The maximum atomic E-state index is 11.4. The van der Waals surface area contributed by atoms with Gasteiger partial charge in [0.2, 0.25) is 0 Å². The van der Waals surface area contributed by atoms with E-state index in [-0.39, 0.29) is 18.4 Å². The third-order valence-corrected chi connectivity index (χ3v) is 2.78. The molecule has 106 valence electrons. The van der Waals surface area contributed by atoms with Gasteiger partial charge >= 0.3 is 5.97 Å². The minimum absolute atomic E-state index is 0. The summed E-state index contributed by atoms with van der Waals surface area (Å²) in [5, 5.41) is 0. The zero-order valence-electron chi connectivity index (χ0n) is 11.7. The quantitative estimate of drug-likeness (QED) is 0.594. The molecule has 0 bridgehead atoms. The van der Waals surface area contributed by atoms with Gasteiger partial charge in [-0.3, -0.25) is 0 Å². The average molecular weight is 284 g/mol. The Bertz CT molecular complexity index is 390.